The number of carbonyl (C=O) groups excluding carboxylic acids is 5. The highest BCUT2D eigenvalue weighted by Gasteiger charge is 2.37. The number of esters is 2. The fourth-order valence-electron chi connectivity index (χ4n) is 3.63. The van der Waals surface area contributed by atoms with Gasteiger partial charge in [-0.1, -0.05) is 13.3 Å². The number of nitrogens with one attached hydrogen (secondary N) is 2. The summed E-state index contributed by atoms with van der Waals surface area (Å²) in [5, 5.41) is 3.60. The average molecular weight is 542 g/mol. The third-order valence-electron chi connectivity index (χ3n) is 5.79. The zero-order chi connectivity index (χ0) is 28.4. The molecule has 1 heterocycles. The topological polar surface area (TPSA) is 150 Å². The van der Waals surface area contributed by atoms with Crippen LogP contribution >= 0.6 is 0 Å². The highest BCUT2D eigenvalue weighted by atomic mass is 16.5. The number of amides is 3. The maximum absolute atomic E-state index is 12.7. The van der Waals surface area contributed by atoms with Crippen LogP contribution in [0.2, 0.25) is 0 Å². The second-order valence-corrected chi connectivity index (χ2v) is 8.67. The highest BCUT2D eigenvalue weighted by molar-refractivity contribution is 5.98. The molecule has 0 aromatic heterocycles. The molecule has 12 heteroatoms. The van der Waals surface area contributed by atoms with E-state index in [4.69, 9.17) is 18.9 Å². The first-order valence-corrected chi connectivity index (χ1v) is 12.3. The first kappa shape index (κ1) is 29.0. The Morgan fingerprint density at radius 2 is 1.62 bits per heavy atom. The van der Waals surface area contributed by atoms with E-state index in [1.807, 2.05) is 6.92 Å². The van der Waals surface area contributed by atoms with Gasteiger partial charge in [0.15, 0.2) is 6.61 Å². The van der Waals surface area contributed by atoms with Crippen molar-refractivity contribution in [1.29, 1.82) is 0 Å². The molecule has 208 valence electrons. The van der Waals surface area contributed by atoms with E-state index < -0.39 is 42.2 Å². The van der Waals surface area contributed by atoms with Crippen LogP contribution in [0.3, 0.4) is 0 Å². The Hall–Kier alpha value is -4.61. The molecular formula is C27H31N3O9. The van der Waals surface area contributed by atoms with Gasteiger partial charge >= 0.3 is 11.9 Å². The summed E-state index contributed by atoms with van der Waals surface area (Å²) in [5.41, 5.74) is 3.42. The minimum absolute atomic E-state index is 0.109. The van der Waals surface area contributed by atoms with Gasteiger partial charge in [0.1, 0.15) is 11.5 Å². The minimum atomic E-state index is -0.858. The molecule has 1 aliphatic heterocycles. The molecule has 0 aliphatic carbocycles. The lowest BCUT2D eigenvalue weighted by molar-refractivity contribution is -0.151. The first-order valence-electron chi connectivity index (χ1n) is 12.3. The molecule has 12 nitrogen and oxygen atoms in total. The molecule has 0 unspecified atom stereocenters. The van der Waals surface area contributed by atoms with Crippen LogP contribution in [0, 0.1) is 5.92 Å². The van der Waals surface area contributed by atoms with Crippen molar-refractivity contribution >= 4 is 35.3 Å². The molecule has 1 saturated heterocycles. The summed E-state index contributed by atoms with van der Waals surface area (Å²) >= 11 is 0. The van der Waals surface area contributed by atoms with Crippen LogP contribution in [0.15, 0.2) is 42.5 Å². The van der Waals surface area contributed by atoms with Gasteiger partial charge in [0.2, 0.25) is 5.91 Å². The van der Waals surface area contributed by atoms with Crippen LogP contribution in [-0.2, 0) is 23.9 Å². The number of ether oxygens (including phenoxy) is 4. The SMILES string of the molecule is CCCCOC(=O)c1ccc(NC(=O)COC(=O)[C@@H]2CC(=O)N(NC(=O)c3cc(OC)cc(OC)c3)C2)cc1. The lowest BCUT2D eigenvalue weighted by atomic mass is 10.1. The molecule has 0 spiro atoms. The van der Waals surface area contributed by atoms with Crippen molar-refractivity contribution in [2.45, 2.75) is 26.2 Å². The summed E-state index contributed by atoms with van der Waals surface area (Å²) in [6.07, 6.45) is 1.51. The van der Waals surface area contributed by atoms with Crippen LogP contribution < -0.4 is 20.2 Å². The van der Waals surface area contributed by atoms with Crippen molar-refractivity contribution in [3.05, 3.63) is 53.6 Å². The van der Waals surface area contributed by atoms with Gasteiger partial charge in [0, 0.05) is 23.7 Å². The molecule has 39 heavy (non-hydrogen) atoms. The Kier molecular flexibility index (Phi) is 10.2. The van der Waals surface area contributed by atoms with Gasteiger partial charge in [0.05, 0.1) is 38.9 Å². The van der Waals surface area contributed by atoms with Gasteiger partial charge in [-0.3, -0.25) is 29.6 Å². The molecule has 3 rings (SSSR count). The zero-order valence-corrected chi connectivity index (χ0v) is 22.0. The molecule has 1 atom stereocenters. The third kappa shape index (κ3) is 8.19. The van der Waals surface area contributed by atoms with E-state index in [0.29, 0.717) is 29.4 Å². The van der Waals surface area contributed by atoms with E-state index in [2.05, 4.69) is 10.7 Å². The smallest absolute Gasteiger partial charge is 0.338 e. The number of benzene rings is 2. The van der Waals surface area contributed by atoms with E-state index in [9.17, 15) is 24.0 Å². The Bertz CT molecular complexity index is 1190. The van der Waals surface area contributed by atoms with Crippen LogP contribution in [-0.4, -0.2) is 68.6 Å². The Morgan fingerprint density at radius 3 is 2.23 bits per heavy atom. The van der Waals surface area contributed by atoms with Crippen molar-refractivity contribution in [2.75, 3.05) is 39.3 Å². The van der Waals surface area contributed by atoms with Crippen LogP contribution in [0.25, 0.3) is 0 Å². The average Bonchev–Trinajstić information content (AvgIpc) is 3.31. The zero-order valence-electron chi connectivity index (χ0n) is 22.0. The molecule has 0 bridgehead atoms. The van der Waals surface area contributed by atoms with E-state index in [1.54, 1.807) is 6.07 Å². The standard InChI is InChI=1S/C27H31N3O9/c1-4-5-10-38-26(34)17-6-8-20(9-7-17)28-23(31)16-39-27(35)19-13-24(32)30(15-19)29-25(33)18-11-21(36-2)14-22(12-18)37-3/h6-9,11-12,14,19H,4-5,10,13,15-16H2,1-3H3,(H,28,31)(H,29,33)/t19-/m1/s1. The van der Waals surface area contributed by atoms with Gasteiger partial charge in [-0.25, -0.2) is 4.79 Å². The number of carbonyl (C=O) groups is 5. The predicted molar refractivity (Wildman–Crippen MR) is 138 cm³/mol. The molecule has 1 fully saturated rings. The number of nitrogens with zero attached hydrogens (tertiary/aromatic N) is 1. The Balaban J connectivity index is 1.46. The minimum Gasteiger partial charge on any atom is -0.497 e. The molecule has 0 radical (unpaired) electrons. The maximum Gasteiger partial charge on any atom is 0.338 e. The van der Waals surface area contributed by atoms with Crippen LogP contribution in [0.1, 0.15) is 46.9 Å². The first-order chi connectivity index (χ1) is 18.7. The molecule has 1 aliphatic rings. The summed E-state index contributed by atoms with van der Waals surface area (Å²) < 4.78 is 20.5. The number of methoxy groups -OCH3 is 2. The number of unbranched alkanes of at least 4 members (excludes halogenated alkanes) is 1. The van der Waals surface area contributed by atoms with Crippen molar-refractivity contribution in [3.8, 4) is 11.5 Å². The van der Waals surface area contributed by atoms with Crippen molar-refractivity contribution in [2.24, 2.45) is 5.92 Å². The fraction of sp³-hybridized carbons (Fsp3) is 0.370. The summed E-state index contributed by atoms with van der Waals surface area (Å²) in [4.78, 5) is 61.7. The normalized spacial score (nSPS) is 14.4. The van der Waals surface area contributed by atoms with Gasteiger partial charge in [-0.05, 0) is 42.8 Å². The van der Waals surface area contributed by atoms with Gasteiger partial charge in [-0.2, -0.15) is 0 Å². The number of hydrogen-bond acceptors (Lipinski definition) is 9. The molecule has 3 amide bonds. The number of rotatable bonds is 12. The second kappa shape index (κ2) is 13.8. The quantitative estimate of drug-likeness (QED) is 0.305. The van der Waals surface area contributed by atoms with Crippen LogP contribution in [0.4, 0.5) is 5.69 Å². The molecule has 2 aromatic rings. The number of hydrogen-bond donors (Lipinski definition) is 2. The summed E-state index contributed by atoms with van der Waals surface area (Å²) in [5.74, 6) is -2.92. The van der Waals surface area contributed by atoms with Crippen molar-refractivity contribution in [1.82, 2.24) is 10.4 Å². The van der Waals surface area contributed by atoms with E-state index in [-0.39, 0.29) is 18.5 Å². The number of hydrazine groups is 1. The van der Waals surface area contributed by atoms with E-state index in [0.717, 1.165) is 17.9 Å². The largest absolute Gasteiger partial charge is 0.497 e. The highest BCUT2D eigenvalue weighted by Crippen LogP contribution is 2.23. The fourth-order valence-corrected chi connectivity index (χ4v) is 3.63. The summed E-state index contributed by atoms with van der Waals surface area (Å²) in [6.45, 7) is 1.66. The molecule has 2 aromatic carbocycles. The third-order valence-corrected chi connectivity index (χ3v) is 5.79. The summed E-state index contributed by atoms with van der Waals surface area (Å²) in [7, 11) is 2.89. The van der Waals surface area contributed by atoms with Gasteiger partial charge in [0.25, 0.3) is 11.8 Å². The lowest BCUT2D eigenvalue weighted by Gasteiger charge is -2.18. The van der Waals surface area contributed by atoms with Gasteiger partial charge < -0.3 is 24.3 Å². The Morgan fingerprint density at radius 1 is 0.949 bits per heavy atom. The predicted octanol–water partition coefficient (Wildman–Crippen LogP) is 2.34. The Labute approximate surface area is 225 Å². The van der Waals surface area contributed by atoms with E-state index in [1.165, 1.54) is 50.6 Å². The van der Waals surface area contributed by atoms with Gasteiger partial charge in [-0.15, -0.1) is 0 Å². The maximum atomic E-state index is 12.7. The monoisotopic (exact) mass is 541 g/mol. The van der Waals surface area contributed by atoms with E-state index >= 15 is 0 Å². The molecule has 2 N–H and O–H groups in total. The van der Waals surface area contributed by atoms with Crippen molar-refractivity contribution in [3.63, 3.8) is 0 Å². The van der Waals surface area contributed by atoms with Crippen molar-refractivity contribution < 1.29 is 42.9 Å². The molecular weight excluding hydrogens is 510 g/mol. The number of anilines is 1. The lowest BCUT2D eigenvalue weighted by Crippen LogP contribution is -2.43. The second-order valence-electron chi connectivity index (χ2n) is 8.67. The molecule has 0 saturated carbocycles. The van der Waals surface area contributed by atoms with Crippen LogP contribution in [0.5, 0.6) is 11.5 Å². The summed E-state index contributed by atoms with van der Waals surface area (Å²) in [6, 6.07) is 10.7.